The quantitative estimate of drug-likeness (QED) is 0.904. The fourth-order valence-corrected chi connectivity index (χ4v) is 2.07. The van der Waals surface area contributed by atoms with Gasteiger partial charge in [0.05, 0.1) is 22.5 Å². The van der Waals surface area contributed by atoms with Crippen LogP contribution in [0.25, 0.3) is 0 Å². The van der Waals surface area contributed by atoms with Crippen LogP contribution in [-0.2, 0) is 0 Å². The topological polar surface area (TPSA) is 54.0 Å². The summed E-state index contributed by atoms with van der Waals surface area (Å²) in [5, 5.41) is 6.50. The molecular formula is C15H14ClN3O. The molecule has 0 bridgehead atoms. The van der Waals surface area contributed by atoms with Crippen molar-refractivity contribution in [2.75, 3.05) is 10.6 Å². The summed E-state index contributed by atoms with van der Waals surface area (Å²) in [6.07, 6.45) is 4.15. The number of pyridine rings is 1. The van der Waals surface area contributed by atoms with Gasteiger partial charge in [-0.15, -0.1) is 0 Å². The third-order valence-electron chi connectivity index (χ3n) is 3.07. The Morgan fingerprint density at radius 1 is 1.20 bits per heavy atom. The molecule has 1 amide bonds. The number of hydrogen-bond donors (Lipinski definition) is 2. The maximum absolute atomic E-state index is 12.1. The van der Waals surface area contributed by atoms with Crippen molar-refractivity contribution in [3.63, 3.8) is 0 Å². The van der Waals surface area contributed by atoms with Gasteiger partial charge in [-0.2, -0.15) is 0 Å². The predicted octanol–water partition coefficient (Wildman–Crippen LogP) is 3.56. The van der Waals surface area contributed by atoms with E-state index >= 15 is 0 Å². The van der Waals surface area contributed by atoms with Gasteiger partial charge in [0.25, 0.3) is 5.91 Å². The first-order valence-electron chi connectivity index (χ1n) is 6.51. The predicted molar refractivity (Wildman–Crippen MR) is 80.3 cm³/mol. The minimum atomic E-state index is -0.258. The zero-order chi connectivity index (χ0) is 13.9. The molecule has 2 N–H and O–H groups in total. The number of nitrogens with zero attached hydrogens (tertiary/aromatic N) is 1. The maximum Gasteiger partial charge on any atom is 0.258 e. The second-order valence-corrected chi connectivity index (χ2v) is 5.19. The molecule has 20 heavy (non-hydrogen) atoms. The first kappa shape index (κ1) is 12.9. The zero-order valence-electron chi connectivity index (χ0n) is 10.8. The normalized spacial score (nSPS) is 13.8. The molecule has 1 heterocycles. The average Bonchev–Trinajstić information content (AvgIpc) is 3.25. The fourth-order valence-electron chi connectivity index (χ4n) is 1.85. The number of carbonyl (C=O) groups excluding carboxylic acids is 1. The van der Waals surface area contributed by atoms with Gasteiger partial charge in [-0.1, -0.05) is 23.7 Å². The molecule has 1 aliphatic carbocycles. The van der Waals surface area contributed by atoms with Crippen molar-refractivity contribution < 1.29 is 4.79 Å². The van der Waals surface area contributed by atoms with Gasteiger partial charge in [-0.25, -0.2) is 4.98 Å². The highest BCUT2D eigenvalue weighted by molar-refractivity contribution is 6.34. The van der Waals surface area contributed by atoms with E-state index in [1.165, 1.54) is 12.8 Å². The van der Waals surface area contributed by atoms with Crippen molar-refractivity contribution in [1.82, 2.24) is 4.98 Å². The van der Waals surface area contributed by atoms with Crippen LogP contribution in [0.15, 0.2) is 42.6 Å². The van der Waals surface area contributed by atoms with Gasteiger partial charge >= 0.3 is 0 Å². The van der Waals surface area contributed by atoms with Gasteiger partial charge in [0.1, 0.15) is 5.82 Å². The second-order valence-electron chi connectivity index (χ2n) is 4.78. The van der Waals surface area contributed by atoms with Crippen LogP contribution in [0.5, 0.6) is 0 Å². The number of anilines is 2. The van der Waals surface area contributed by atoms with Crippen LogP contribution >= 0.6 is 11.6 Å². The average molecular weight is 288 g/mol. The summed E-state index contributed by atoms with van der Waals surface area (Å²) < 4.78 is 0. The molecule has 0 unspecified atom stereocenters. The van der Waals surface area contributed by atoms with E-state index in [1.807, 2.05) is 6.07 Å². The summed E-state index contributed by atoms with van der Waals surface area (Å²) >= 11 is 5.98. The van der Waals surface area contributed by atoms with Gasteiger partial charge in [-0.05, 0) is 37.1 Å². The number of benzene rings is 1. The third-order valence-corrected chi connectivity index (χ3v) is 3.40. The Labute approximate surface area is 122 Å². The lowest BCUT2D eigenvalue weighted by atomic mass is 10.2. The highest BCUT2D eigenvalue weighted by Crippen LogP contribution is 2.24. The highest BCUT2D eigenvalue weighted by Gasteiger charge is 2.20. The van der Waals surface area contributed by atoms with Crippen molar-refractivity contribution in [1.29, 1.82) is 0 Å². The van der Waals surface area contributed by atoms with Crippen LogP contribution in [0.2, 0.25) is 5.02 Å². The van der Waals surface area contributed by atoms with E-state index in [0.29, 0.717) is 22.4 Å². The van der Waals surface area contributed by atoms with E-state index in [-0.39, 0.29) is 5.91 Å². The summed E-state index contributed by atoms with van der Waals surface area (Å²) in [4.78, 5) is 16.3. The molecule has 1 aliphatic rings. The Kier molecular flexibility index (Phi) is 3.56. The van der Waals surface area contributed by atoms with E-state index in [0.717, 1.165) is 5.69 Å². The van der Waals surface area contributed by atoms with E-state index < -0.39 is 0 Å². The minimum Gasteiger partial charge on any atom is -0.381 e. The molecule has 5 heteroatoms. The summed E-state index contributed by atoms with van der Waals surface area (Å²) in [7, 11) is 0. The van der Waals surface area contributed by atoms with E-state index in [4.69, 9.17) is 11.6 Å². The molecule has 1 aromatic heterocycles. The van der Waals surface area contributed by atoms with Crippen molar-refractivity contribution in [3.8, 4) is 0 Å². The summed E-state index contributed by atoms with van der Waals surface area (Å²) in [6, 6.07) is 11.2. The number of aromatic nitrogens is 1. The Balaban J connectivity index is 1.67. The SMILES string of the molecule is O=C(Nc1ccc(NC2CC2)cn1)c1ccccc1Cl. The number of amides is 1. The van der Waals surface area contributed by atoms with Crippen molar-refractivity contribution in [3.05, 3.63) is 53.2 Å². The number of rotatable bonds is 4. The van der Waals surface area contributed by atoms with E-state index in [1.54, 1.807) is 36.5 Å². The fraction of sp³-hybridized carbons (Fsp3) is 0.200. The maximum atomic E-state index is 12.1. The second kappa shape index (κ2) is 5.51. The highest BCUT2D eigenvalue weighted by atomic mass is 35.5. The molecule has 4 nitrogen and oxygen atoms in total. The number of carbonyl (C=O) groups is 1. The van der Waals surface area contributed by atoms with Gasteiger partial charge < -0.3 is 10.6 Å². The smallest absolute Gasteiger partial charge is 0.258 e. The molecule has 0 saturated heterocycles. The molecule has 0 atom stereocenters. The van der Waals surface area contributed by atoms with Crippen LogP contribution in [0, 0.1) is 0 Å². The first-order chi connectivity index (χ1) is 9.72. The standard InChI is InChI=1S/C15H14ClN3O/c16-13-4-2-1-3-12(13)15(20)19-14-8-7-11(9-17-14)18-10-5-6-10/h1-4,7-10,18H,5-6H2,(H,17,19,20). The largest absolute Gasteiger partial charge is 0.381 e. The first-order valence-corrected chi connectivity index (χ1v) is 6.88. The Bertz CT molecular complexity index is 623. The van der Waals surface area contributed by atoms with Crippen LogP contribution < -0.4 is 10.6 Å². The molecule has 1 saturated carbocycles. The van der Waals surface area contributed by atoms with Gasteiger partial charge in [0.2, 0.25) is 0 Å². The van der Waals surface area contributed by atoms with Crippen LogP contribution in [0.3, 0.4) is 0 Å². The lowest BCUT2D eigenvalue weighted by Crippen LogP contribution is -2.13. The molecule has 102 valence electrons. The van der Waals surface area contributed by atoms with Crippen LogP contribution in [0.1, 0.15) is 23.2 Å². The van der Waals surface area contributed by atoms with Crippen molar-refractivity contribution in [2.45, 2.75) is 18.9 Å². The lowest BCUT2D eigenvalue weighted by molar-refractivity contribution is 0.102. The molecule has 0 spiro atoms. The number of halogens is 1. The molecule has 2 aromatic rings. The lowest BCUT2D eigenvalue weighted by Gasteiger charge is -2.07. The molecule has 0 radical (unpaired) electrons. The summed E-state index contributed by atoms with van der Waals surface area (Å²) in [5.41, 5.74) is 1.42. The number of nitrogens with one attached hydrogen (secondary N) is 2. The van der Waals surface area contributed by atoms with Crippen LogP contribution in [-0.4, -0.2) is 16.9 Å². The molecule has 1 fully saturated rings. The Hall–Kier alpha value is -2.07. The van der Waals surface area contributed by atoms with E-state index in [2.05, 4.69) is 15.6 Å². The minimum absolute atomic E-state index is 0.258. The summed E-state index contributed by atoms with van der Waals surface area (Å²) in [6.45, 7) is 0. The third kappa shape index (κ3) is 3.08. The van der Waals surface area contributed by atoms with Crippen LogP contribution in [0.4, 0.5) is 11.5 Å². The molecule has 0 aliphatic heterocycles. The monoisotopic (exact) mass is 287 g/mol. The zero-order valence-corrected chi connectivity index (χ0v) is 11.5. The van der Waals surface area contributed by atoms with Gasteiger partial charge in [0.15, 0.2) is 0 Å². The summed E-state index contributed by atoms with van der Waals surface area (Å²) in [5.74, 6) is 0.252. The van der Waals surface area contributed by atoms with Crippen molar-refractivity contribution >= 4 is 29.0 Å². The Morgan fingerprint density at radius 2 is 2.00 bits per heavy atom. The molecular weight excluding hydrogens is 274 g/mol. The van der Waals surface area contributed by atoms with E-state index in [9.17, 15) is 4.79 Å². The van der Waals surface area contributed by atoms with Crippen molar-refractivity contribution in [2.24, 2.45) is 0 Å². The molecule has 3 rings (SSSR count). The van der Waals surface area contributed by atoms with Gasteiger partial charge in [-0.3, -0.25) is 4.79 Å². The number of hydrogen-bond acceptors (Lipinski definition) is 3. The Morgan fingerprint density at radius 3 is 2.65 bits per heavy atom. The van der Waals surface area contributed by atoms with Gasteiger partial charge in [0, 0.05) is 6.04 Å². The molecule has 1 aromatic carbocycles.